The topological polar surface area (TPSA) is 92.1 Å². The highest BCUT2D eigenvalue weighted by Gasteiger charge is 2.52. The van der Waals surface area contributed by atoms with Crippen LogP contribution in [0.2, 0.25) is 0 Å². The van der Waals surface area contributed by atoms with Gasteiger partial charge in [0.05, 0.1) is 11.0 Å². The predicted octanol–water partition coefficient (Wildman–Crippen LogP) is 1.37. The molecule has 2 heterocycles. The molecule has 1 saturated heterocycles. The molecule has 1 fully saturated rings. The van der Waals surface area contributed by atoms with Crippen LogP contribution in [0.5, 0.6) is 0 Å². The Bertz CT molecular complexity index is 676. The van der Waals surface area contributed by atoms with Crippen LogP contribution in [0.1, 0.15) is 26.2 Å². The van der Waals surface area contributed by atoms with Crippen molar-refractivity contribution in [1.29, 1.82) is 0 Å². The summed E-state index contributed by atoms with van der Waals surface area (Å²) in [4.78, 5) is 33.9. The van der Waals surface area contributed by atoms with Gasteiger partial charge in [0.2, 0.25) is 5.95 Å². The number of benzene rings is 1. The Morgan fingerprint density at radius 2 is 2.19 bits per heavy atom. The van der Waals surface area contributed by atoms with Crippen molar-refractivity contribution in [3.05, 3.63) is 24.3 Å². The molecule has 1 aromatic carbocycles. The molecule has 1 aliphatic rings. The molecule has 1 aliphatic heterocycles. The molecule has 0 bridgehead atoms. The van der Waals surface area contributed by atoms with Crippen LogP contribution in [0, 0.1) is 0 Å². The fourth-order valence-electron chi connectivity index (χ4n) is 3.15. The number of ketones is 1. The first kappa shape index (κ1) is 13.6. The fraction of sp³-hybridized carbons (Fsp3) is 0.400. The third kappa shape index (κ3) is 1.90. The lowest BCUT2D eigenvalue weighted by Crippen LogP contribution is -2.59. The summed E-state index contributed by atoms with van der Waals surface area (Å²) in [5.41, 5.74) is 6.01. The summed E-state index contributed by atoms with van der Waals surface area (Å²) in [6, 6.07) is 7.61. The lowest BCUT2D eigenvalue weighted by molar-refractivity contribution is -0.133. The Morgan fingerprint density at radius 3 is 2.86 bits per heavy atom. The summed E-state index contributed by atoms with van der Waals surface area (Å²) in [6.07, 6.45) is 1.47. The zero-order chi connectivity index (χ0) is 15.0. The standard InChI is InChI=1S/C15H18N4O2/c1-2-12(20)15(13(16)21)8-5-9-19(15)14-17-10-6-3-4-7-11(10)18-14/h3-4,6-7H,2,5,8-9H2,1H3,(H2,16,21)(H,17,18)/t15-/m1/s1. The van der Waals surface area contributed by atoms with Crippen LogP contribution in [0.3, 0.4) is 0 Å². The maximum atomic E-state index is 12.4. The molecule has 1 atom stereocenters. The van der Waals surface area contributed by atoms with E-state index in [4.69, 9.17) is 5.73 Å². The van der Waals surface area contributed by atoms with Crippen LogP contribution in [-0.4, -0.2) is 33.7 Å². The zero-order valence-electron chi connectivity index (χ0n) is 11.9. The number of para-hydroxylation sites is 2. The van der Waals surface area contributed by atoms with Crippen molar-refractivity contribution >= 4 is 28.7 Å². The van der Waals surface area contributed by atoms with Gasteiger partial charge in [-0.2, -0.15) is 0 Å². The smallest absolute Gasteiger partial charge is 0.251 e. The number of Topliss-reactive ketones (excluding diaryl/α,β-unsaturated/α-hetero) is 1. The van der Waals surface area contributed by atoms with Gasteiger partial charge in [-0.25, -0.2) is 4.98 Å². The van der Waals surface area contributed by atoms with E-state index in [2.05, 4.69) is 9.97 Å². The van der Waals surface area contributed by atoms with E-state index in [-0.39, 0.29) is 12.2 Å². The quantitative estimate of drug-likeness (QED) is 0.830. The molecular formula is C15H18N4O2. The second-order valence-electron chi connectivity index (χ2n) is 5.33. The summed E-state index contributed by atoms with van der Waals surface area (Å²) < 4.78 is 0. The van der Waals surface area contributed by atoms with Gasteiger partial charge in [-0.15, -0.1) is 0 Å². The normalized spacial score (nSPS) is 21.9. The van der Waals surface area contributed by atoms with Crippen LogP contribution in [0.4, 0.5) is 5.95 Å². The number of carbonyl (C=O) groups is 2. The van der Waals surface area contributed by atoms with Crippen molar-refractivity contribution in [3.63, 3.8) is 0 Å². The minimum Gasteiger partial charge on any atom is -0.367 e. The van der Waals surface area contributed by atoms with Crippen LogP contribution in [-0.2, 0) is 9.59 Å². The summed E-state index contributed by atoms with van der Waals surface area (Å²) >= 11 is 0. The largest absolute Gasteiger partial charge is 0.367 e. The van der Waals surface area contributed by atoms with Gasteiger partial charge in [-0.1, -0.05) is 19.1 Å². The molecule has 1 aromatic heterocycles. The van der Waals surface area contributed by atoms with E-state index in [1.54, 1.807) is 11.8 Å². The number of primary amides is 1. The molecule has 110 valence electrons. The van der Waals surface area contributed by atoms with E-state index in [0.29, 0.717) is 18.9 Å². The monoisotopic (exact) mass is 286 g/mol. The van der Waals surface area contributed by atoms with E-state index in [0.717, 1.165) is 17.5 Å². The summed E-state index contributed by atoms with van der Waals surface area (Å²) in [5.74, 6) is -0.199. The van der Waals surface area contributed by atoms with Gasteiger partial charge in [-0.3, -0.25) is 9.59 Å². The first-order valence-corrected chi connectivity index (χ1v) is 7.15. The molecule has 6 heteroatoms. The number of hydrogen-bond donors (Lipinski definition) is 2. The molecule has 6 nitrogen and oxygen atoms in total. The van der Waals surface area contributed by atoms with Crippen LogP contribution in [0.25, 0.3) is 11.0 Å². The number of amides is 1. The second kappa shape index (κ2) is 4.87. The number of aromatic nitrogens is 2. The van der Waals surface area contributed by atoms with E-state index in [9.17, 15) is 9.59 Å². The Balaban J connectivity index is 2.10. The van der Waals surface area contributed by atoms with Crippen molar-refractivity contribution < 1.29 is 9.59 Å². The number of nitrogens with zero attached hydrogens (tertiary/aromatic N) is 2. The predicted molar refractivity (Wildman–Crippen MR) is 79.9 cm³/mol. The SMILES string of the molecule is CCC(=O)[C@@]1(C(N)=O)CCCN1c1nc2ccccc2[nH]1. The Morgan fingerprint density at radius 1 is 1.43 bits per heavy atom. The van der Waals surface area contributed by atoms with Gasteiger partial charge in [0.1, 0.15) is 0 Å². The number of nitrogens with one attached hydrogen (secondary N) is 1. The van der Waals surface area contributed by atoms with Crippen molar-refractivity contribution in [1.82, 2.24) is 9.97 Å². The van der Waals surface area contributed by atoms with Gasteiger partial charge in [-0.05, 0) is 25.0 Å². The Kier molecular flexibility index (Phi) is 3.16. The first-order valence-electron chi connectivity index (χ1n) is 7.15. The Hall–Kier alpha value is -2.37. The van der Waals surface area contributed by atoms with Gasteiger partial charge >= 0.3 is 0 Å². The molecular weight excluding hydrogens is 268 g/mol. The molecule has 21 heavy (non-hydrogen) atoms. The van der Waals surface area contributed by atoms with Gasteiger partial charge in [0.25, 0.3) is 5.91 Å². The first-order chi connectivity index (χ1) is 10.1. The number of fused-ring (bicyclic) bond motifs is 1. The van der Waals surface area contributed by atoms with Crippen molar-refractivity contribution in [3.8, 4) is 0 Å². The van der Waals surface area contributed by atoms with E-state index >= 15 is 0 Å². The zero-order valence-corrected chi connectivity index (χ0v) is 11.9. The van der Waals surface area contributed by atoms with E-state index in [1.807, 2.05) is 24.3 Å². The van der Waals surface area contributed by atoms with Gasteiger partial charge in [0.15, 0.2) is 11.3 Å². The van der Waals surface area contributed by atoms with Gasteiger partial charge < -0.3 is 15.6 Å². The number of imidazole rings is 1. The highest BCUT2D eigenvalue weighted by molar-refractivity contribution is 6.13. The molecule has 0 saturated carbocycles. The van der Waals surface area contributed by atoms with Crippen LogP contribution in [0.15, 0.2) is 24.3 Å². The number of hydrogen-bond acceptors (Lipinski definition) is 4. The van der Waals surface area contributed by atoms with Crippen molar-refractivity contribution in [2.45, 2.75) is 31.7 Å². The number of anilines is 1. The van der Waals surface area contributed by atoms with Crippen LogP contribution >= 0.6 is 0 Å². The summed E-state index contributed by atoms with van der Waals surface area (Å²) in [5, 5.41) is 0. The number of nitrogens with two attached hydrogens (primary N) is 1. The molecule has 0 spiro atoms. The van der Waals surface area contributed by atoms with Crippen molar-refractivity contribution in [2.24, 2.45) is 5.73 Å². The average molecular weight is 286 g/mol. The number of H-pyrrole nitrogens is 1. The summed E-state index contributed by atoms with van der Waals surface area (Å²) in [6.45, 7) is 2.34. The second-order valence-corrected chi connectivity index (χ2v) is 5.33. The van der Waals surface area contributed by atoms with Crippen LogP contribution < -0.4 is 10.6 Å². The molecule has 3 rings (SSSR count). The van der Waals surface area contributed by atoms with Crippen molar-refractivity contribution in [2.75, 3.05) is 11.4 Å². The Labute approximate surface area is 122 Å². The molecule has 2 aromatic rings. The third-order valence-electron chi connectivity index (χ3n) is 4.20. The average Bonchev–Trinajstić information content (AvgIpc) is 3.10. The van der Waals surface area contributed by atoms with E-state index < -0.39 is 11.4 Å². The minimum atomic E-state index is -1.26. The number of carbonyl (C=O) groups excluding carboxylic acids is 2. The molecule has 1 amide bonds. The third-order valence-corrected chi connectivity index (χ3v) is 4.20. The molecule has 0 unspecified atom stereocenters. The highest BCUT2D eigenvalue weighted by atomic mass is 16.2. The maximum Gasteiger partial charge on any atom is 0.251 e. The maximum absolute atomic E-state index is 12.4. The minimum absolute atomic E-state index is 0.145. The molecule has 0 aliphatic carbocycles. The lowest BCUT2D eigenvalue weighted by Gasteiger charge is -2.33. The highest BCUT2D eigenvalue weighted by Crippen LogP contribution is 2.35. The fourth-order valence-corrected chi connectivity index (χ4v) is 3.15. The molecule has 3 N–H and O–H groups in total. The summed E-state index contributed by atoms with van der Waals surface area (Å²) in [7, 11) is 0. The lowest BCUT2D eigenvalue weighted by atomic mass is 9.88. The number of aromatic amines is 1. The van der Waals surface area contributed by atoms with Gasteiger partial charge in [0, 0.05) is 13.0 Å². The number of rotatable bonds is 4. The molecule has 0 radical (unpaired) electrons. The van der Waals surface area contributed by atoms with E-state index in [1.165, 1.54) is 0 Å².